The molecule has 0 spiro atoms. The number of aromatic hydroxyl groups is 4. The van der Waals surface area contributed by atoms with Crippen LogP contribution < -0.4 is 20.1 Å². The zero-order valence-electron chi connectivity index (χ0n) is 18.7. The predicted molar refractivity (Wildman–Crippen MR) is 120 cm³/mol. The maximum Gasteiger partial charge on any atom is 0.251 e. The smallest absolute Gasteiger partial charge is 0.251 e. The van der Waals surface area contributed by atoms with Gasteiger partial charge in [0.15, 0.2) is 23.0 Å². The number of unbranched alkanes of at least 4 members (excludes halogenated alkanes) is 4. The average Bonchev–Trinajstić information content (AvgIpc) is 2.77. The number of phenolic OH excluding ortho intramolecular Hbond substituents is 4. The molecule has 0 saturated carbocycles. The van der Waals surface area contributed by atoms with E-state index in [4.69, 9.17) is 9.47 Å². The van der Waals surface area contributed by atoms with Crippen LogP contribution in [0.5, 0.6) is 34.5 Å². The van der Waals surface area contributed by atoms with Gasteiger partial charge in [0.25, 0.3) is 11.8 Å². The number of carbonyl (C=O) groups excluding carboxylic acids is 2. The molecular formula is C23H30N2O8. The first-order valence-electron chi connectivity index (χ1n) is 10.5. The van der Waals surface area contributed by atoms with Crippen LogP contribution in [0.1, 0.15) is 52.8 Å². The molecule has 0 aliphatic carbocycles. The summed E-state index contributed by atoms with van der Waals surface area (Å²) in [5.74, 6) is -2.20. The summed E-state index contributed by atoms with van der Waals surface area (Å²) in [6, 6.07) is 4.93. The molecule has 0 aromatic heterocycles. The number of hydrogen-bond acceptors (Lipinski definition) is 8. The molecule has 10 heteroatoms. The van der Waals surface area contributed by atoms with Gasteiger partial charge in [-0.05, 0) is 37.1 Å². The van der Waals surface area contributed by atoms with Gasteiger partial charge < -0.3 is 40.5 Å². The first-order chi connectivity index (χ1) is 15.8. The van der Waals surface area contributed by atoms with Crippen molar-refractivity contribution in [3.05, 3.63) is 35.4 Å². The van der Waals surface area contributed by atoms with Crippen molar-refractivity contribution in [2.45, 2.75) is 32.1 Å². The molecule has 10 nitrogen and oxygen atoms in total. The van der Waals surface area contributed by atoms with Crippen molar-refractivity contribution >= 4 is 11.8 Å². The third-order valence-corrected chi connectivity index (χ3v) is 4.96. The van der Waals surface area contributed by atoms with Gasteiger partial charge in [0, 0.05) is 24.2 Å². The summed E-state index contributed by atoms with van der Waals surface area (Å²) in [6.45, 7) is 0.904. The maximum atomic E-state index is 12.1. The van der Waals surface area contributed by atoms with Crippen LogP contribution in [-0.2, 0) is 0 Å². The summed E-state index contributed by atoms with van der Waals surface area (Å²) in [7, 11) is 2.61. The van der Waals surface area contributed by atoms with Crippen LogP contribution in [0.15, 0.2) is 24.3 Å². The van der Waals surface area contributed by atoms with Crippen molar-refractivity contribution in [1.82, 2.24) is 10.6 Å². The highest BCUT2D eigenvalue weighted by Gasteiger charge is 2.15. The van der Waals surface area contributed by atoms with Crippen LogP contribution in [0.2, 0.25) is 0 Å². The van der Waals surface area contributed by atoms with Gasteiger partial charge in [-0.15, -0.1) is 0 Å². The highest BCUT2D eigenvalue weighted by molar-refractivity contribution is 5.96. The van der Waals surface area contributed by atoms with E-state index in [1.54, 1.807) is 0 Å². The van der Waals surface area contributed by atoms with Crippen LogP contribution in [0, 0.1) is 0 Å². The SMILES string of the molecule is COc1c(O)cc(C(=O)NCCCCCCCNC(=O)c2cc(O)c(OC)c(O)c2)cc1O. The molecular weight excluding hydrogens is 432 g/mol. The Bertz CT molecular complexity index is 853. The molecule has 33 heavy (non-hydrogen) atoms. The lowest BCUT2D eigenvalue weighted by Crippen LogP contribution is -2.24. The fourth-order valence-electron chi connectivity index (χ4n) is 3.27. The van der Waals surface area contributed by atoms with Gasteiger partial charge in [-0.25, -0.2) is 0 Å². The number of rotatable bonds is 12. The monoisotopic (exact) mass is 462 g/mol. The van der Waals surface area contributed by atoms with Crippen LogP contribution in [0.4, 0.5) is 0 Å². The molecule has 2 rings (SSSR count). The topological polar surface area (TPSA) is 158 Å². The van der Waals surface area contributed by atoms with E-state index < -0.39 is 11.8 Å². The molecule has 2 amide bonds. The minimum absolute atomic E-state index is 0.0805. The fraction of sp³-hybridized carbons (Fsp3) is 0.391. The van der Waals surface area contributed by atoms with Gasteiger partial charge in [-0.2, -0.15) is 0 Å². The predicted octanol–water partition coefficient (Wildman–Crippen LogP) is 2.64. The number of ether oxygens (including phenoxy) is 2. The molecule has 0 heterocycles. The first kappa shape index (κ1) is 25.4. The molecule has 2 aromatic rings. The fourth-order valence-corrected chi connectivity index (χ4v) is 3.27. The van der Waals surface area contributed by atoms with E-state index in [0.29, 0.717) is 13.1 Å². The van der Waals surface area contributed by atoms with Gasteiger partial charge in [0.1, 0.15) is 0 Å². The normalized spacial score (nSPS) is 10.5. The van der Waals surface area contributed by atoms with Crippen LogP contribution in [-0.4, -0.2) is 59.5 Å². The third kappa shape index (κ3) is 7.09. The summed E-state index contributed by atoms with van der Waals surface area (Å²) >= 11 is 0. The molecule has 0 aliphatic rings. The highest BCUT2D eigenvalue weighted by Crippen LogP contribution is 2.37. The molecule has 0 fully saturated rings. The molecule has 0 radical (unpaired) electrons. The van der Waals surface area contributed by atoms with Crippen molar-refractivity contribution < 1.29 is 39.5 Å². The Morgan fingerprint density at radius 3 is 1.24 bits per heavy atom. The third-order valence-electron chi connectivity index (χ3n) is 4.96. The van der Waals surface area contributed by atoms with E-state index in [9.17, 15) is 30.0 Å². The summed E-state index contributed by atoms with van der Waals surface area (Å²) in [5.41, 5.74) is 0.278. The molecule has 0 aliphatic heterocycles. The van der Waals surface area contributed by atoms with E-state index in [0.717, 1.165) is 32.1 Å². The summed E-state index contributed by atoms with van der Waals surface area (Å²) in [6.07, 6.45) is 4.20. The van der Waals surface area contributed by atoms with Gasteiger partial charge >= 0.3 is 0 Å². The minimum Gasteiger partial charge on any atom is -0.504 e. The molecule has 6 N–H and O–H groups in total. The van der Waals surface area contributed by atoms with E-state index >= 15 is 0 Å². The molecule has 2 aromatic carbocycles. The number of methoxy groups -OCH3 is 2. The Hall–Kier alpha value is -3.82. The largest absolute Gasteiger partial charge is 0.504 e. The zero-order chi connectivity index (χ0) is 24.4. The van der Waals surface area contributed by atoms with Crippen molar-refractivity contribution in [3.63, 3.8) is 0 Å². The van der Waals surface area contributed by atoms with Crippen LogP contribution in [0.3, 0.4) is 0 Å². The van der Waals surface area contributed by atoms with E-state index in [2.05, 4.69) is 10.6 Å². The van der Waals surface area contributed by atoms with Gasteiger partial charge in [-0.3, -0.25) is 9.59 Å². The van der Waals surface area contributed by atoms with Gasteiger partial charge in [-0.1, -0.05) is 19.3 Å². The number of nitrogens with one attached hydrogen (secondary N) is 2. The Kier molecular flexibility index (Phi) is 9.46. The standard InChI is InChI=1S/C23H30N2O8/c1-32-20-16(26)10-14(11-17(20)27)22(30)24-8-6-4-3-5-7-9-25-23(31)15-12-18(28)21(33-2)19(29)13-15/h10-13,26-29H,3-9H2,1-2H3,(H,24,30)(H,25,31). The number of hydrogen-bond donors (Lipinski definition) is 6. The van der Waals surface area contributed by atoms with Crippen molar-refractivity contribution in [2.24, 2.45) is 0 Å². The van der Waals surface area contributed by atoms with E-state index in [1.165, 1.54) is 38.5 Å². The second-order valence-corrected chi connectivity index (χ2v) is 7.38. The van der Waals surface area contributed by atoms with Crippen LogP contribution >= 0.6 is 0 Å². The summed E-state index contributed by atoms with van der Waals surface area (Å²) in [5, 5.41) is 44.5. The van der Waals surface area contributed by atoms with Gasteiger partial charge in [0.05, 0.1) is 14.2 Å². The summed E-state index contributed by atoms with van der Waals surface area (Å²) < 4.78 is 9.68. The minimum atomic E-state index is -0.401. The second kappa shape index (κ2) is 12.3. The van der Waals surface area contributed by atoms with Crippen molar-refractivity contribution in [3.8, 4) is 34.5 Å². The highest BCUT2D eigenvalue weighted by atomic mass is 16.5. The quantitative estimate of drug-likeness (QED) is 0.263. The number of phenols is 4. The first-order valence-corrected chi connectivity index (χ1v) is 10.5. The average molecular weight is 462 g/mol. The zero-order valence-corrected chi connectivity index (χ0v) is 18.7. The summed E-state index contributed by atoms with van der Waals surface area (Å²) in [4.78, 5) is 24.3. The Balaban J connectivity index is 1.60. The molecule has 0 unspecified atom stereocenters. The molecule has 0 saturated heterocycles. The molecule has 180 valence electrons. The Morgan fingerprint density at radius 1 is 0.636 bits per heavy atom. The maximum absolute atomic E-state index is 12.1. The van der Waals surface area contributed by atoms with Crippen molar-refractivity contribution in [1.29, 1.82) is 0 Å². The lowest BCUT2D eigenvalue weighted by atomic mass is 10.1. The lowest BCUT2D eigenvalue weighted by molar-refractivity contribution is 0.0945. The Labute approximate surface area is 191 Å². The number of carbonyl (C=O) groups is 2. The molecule has 0 atom stereocenters. The van der Waals surface area contributed by atoms with E-state index in [1.807, 2.05) is 0 Å². The molecule has 0 bridgehead atoms. The van der Waals surface area contributed by atoms with Crippen LogP contribution in [0.25, 0.3) is 0 Å². The lowest BCUT2D eigenvalue weighted by Gasteiger charge is -2.10. The second-order valence-electron chi connectivity index (χ2n) is 7.38. The number of amides is 2. The van der Waals surface area contributed by atoms with Gasteiger partial charge in [0.2, 0.25) is 11.5 Å². The van der Waals surface area contributed by atoms with Crippen molar-refractivity contribution in [2.75, 3.05) is 27.3 Å². The Morgan fingerprint density at radius 2 is 0.939 bits per heavy atom. The number of benzene rings is 2. The van der Waals surface area contributed by atoms with E-state index in [-0.39, 0.29) is 45.6 Å².